The molecule has 20 heavy (non-hydrogen) atoms. The van der Waals surface area contributed by atoms with Crippen LogP contribution in [0.25, 0.3) is 0 Å². The third kappa shape index (κ3) is 3.55. The van der Waals surface area contributed by atoms with Crippen LogP contribution in [-0.4, -0.2) is 49.6 Å². The molecule has 7 heteroatoms. The predicted octanol–water partition coefficient (Wildman–Crippen LogP) is 0.449. The van der Waals surface area contributed by atoms with Gasteiger partial charge in [0.1, 0.15) is 0 Å². The number of hydrogen-bond donors (Lipinski definition) is 0. The second-order valence-corrected chi connectivity index (χ2v) is 6.84. The summed E-state index contributed by atoms with van der Waals surface area (Å²) in [5.74, 6) is -0.671. The van der Waals surface area contributed by atoms with Gasteiger partial charge in [0.2, 0.25) is 10.0 Å². The van der Waals surface area contributed by atoms with Crippen molar-refractivity contribution in [2.75, 3.05) is 26.0 Å². The van der Waals surface area contributed by atoms with Crippen molar-refractivity contribution >= 4 is 16.0 Å². The fourth-order valence-electron chi connectivity index (χ4n) is 2.25. The van der Waals surface area contributed by atoms with Gasteiger partial charge < -0.3 is 4.74 Å². The molecule has 1 aromatic heterocycles. The molecular weight excluding hydrogens is 280 g/mol. The molecule has 0 radical (unpaired) electrons. The summed E-state index contributed by atoms with van der Waals surface area (Å²) < 4.78 is 30.4. The van der Waals surface area contributed by atoms with Crippen LogP contribution in [0.15, 0.2) is 24.4 Å². The average molecular weight is 298 g/mol. The van der Waals surface area contributed by atoms with E-state index in [1.54, 1.807) is 18.3 Å². The number of carbonyl (C=O) groups is 1. The van der Waals surface area contributed by atoms with E-state index in [1.807, 2.05) is 6.07 Å². The molecule has 110 valence electrons. The van der Waals surface area contributed by atoms with Gasteiger partial charge in [-0.05, 0) is 18.6 Å². The number of esters is 1. The van der Waals surface area contributed by atoms with Crippen molar-refractivity contribution in [2.45, 2.75) is 12.8 Å². The van der Waals surface area contributed by atoms with Crippen molar-refractivity contribution in [1.82, 2.24) is 9.29 Å². The Balaban J connectivity index is 1.93. The van der Waals surface area contributed by atoms with Crippen molar-refractivity contribution in [1.29, 1.82) is 0 Å². The summed E-state index contributed by atoms with van der Waals surface area (Å²) in [6.07, 6.45) is 2.54. The van der Waals surface area contributed by atoms with E-state index in [4.69, 9.17) is 0 Å². The zero-order chi connectivity index (χ0) is 14.6. The highest BCUT2D eigenvalue weighted by molar-refractivity contribution is 7.89. The van der Waals surface area contributed by atoms with Gasteiger partial charge in [-0.3, -0.25) is 9.78 Å². The number of ether oxygens (including phenoxy) is 1. The second-order valence-electron chi connectivity index (χ2n) is 4.75. The van der Waals surface area contributed by atoms with Crippen LogP contribution in [0.2, 0.25) is 0 Å². The first-order chi connectivity index (χ1) is 9.53. The van der Waals surface area contributed by atoms with E-state index in [9.17, 15) is 13.2 Å². The Hall–Kier alpha value is -1.47. The van der Waals surface area contributed by atoms with Crippen LogP contribution in [0.3, 0.4) is 0 Å². The number of hydrogen-bond acceptors (Lipinski definition) is 5. The fourth-order valence-corrected chi connectivity index (χ4v) is 3.76. The van der Waals surface area contributed by atoms with Crippen molar-refractivity contribution in [3.05, 3.63) is 30.1 Å². The van der Waals surface area contributed by atoms with E-state index in [0.717, 1.165) is 5.69 Å². The molecule has 0 aliphatic carbocycles. The Bertz CT molecular complexity index is 559. The highest BCUT2D eigenvalue weighted by Gasteiger charge is 2.35. The molecule has 0 N–H and O–H groups in total. The van der Waals surface area contributed by atoms with E-state index in [-0.39, 0.29) is 24.2 Å². The molecule has 1 unspecified atom stereocenters. The van der Waals surface area contributed by atoms with Crippen LogP contribution in [0, 0.1) is 5.92 Å². The molecule has 1 aromatic rings. The Labute approximate surface area is 118 Å². The number of sulfonamides is 1. The first-order valence-corrected chi connectivity index (χ1v) is 8.09. The summed E-state index contributed by atoms with van der Waals surface area (Å²) in [6, 6.07) is 5.42. The van der Waals surface area contributed by atoms with Crippen molar-refractivity contribution < 1.29 is 17.9 Å². The lowest BCUT2D eigenvalue weighted by atomic mass is 10.1. The van der Waals surface area contributed by atoms with Crippen LogP contribution in [0.5, 0.6) is 0 Å². The number of methoxy groups -OCH3 is 1. The normalized spacial score (nSPS) is 19.9. The maximum absolute atomic E-state index is 12.2. The summed E-state index contributed by atoms with van der Waals surface area (Å²) in [5, 5.41) is 0. The standard InChI is InChI=1S/C13H18N2O4S/c1-19-13(16)11-5-8-15(10-11)20(17,18)9-6-12-4-2-3-7-14-12/h2-4,7,11H,5-6,8-10H2,1H3. The van der Waals surface area contributed by atoms with Crippen molar-refractivity contribution in [2.24, 2.45) is 5.92 Å². The van der Waals surface area contributed by atoms with Crippen LogP contribution < -0.4 is 0 Å². The van der Waals surface area contributed by atoms with Crippen LogP contribution in [0.4, 0.5) is 0 Å². The number of nitrogens with zero attached hydrogens (tertiary/aromatic N) is 2. The molecule has 0 aromatic carbocycles. The second kappa shape index (κ2) is 6.32. The Morgan fingerprint density at radius 2 is 2.30 bits per heavy atom. The number of aryl methyl sites for hydroxylation is 1. The monoisotopic (exact) mass is 298 g/mol. The third-order valence-corrected chi connectivity index (χ3v) is 5.26. The minimum absolute atomic E-state index is 0.0118. The maximum atomic E-state index is 12.2. The molecule has 0 amide bonds. The summed E-state index contributed by atoms with van der Waals surface area (Å²) >= 11 is 0. The molecule has 0 spiro atoms. The predicted molar refractivity (Wildman–Crippen MR) is 73.4 cm³/mol. The molecule has 1 saturated heterocycles. The molecular formula is C13H18N2O4S. The number of rotatable bonds is 5. The van der Waals surface area contributed by atoms with Gasteiger partial charge in [0.15, 0.2) is 0 Å². The molecule has 1 aliphatic heterocycles. The molecule has 1 atom stereocenters. The topological polar surface area (TPSA) is 76.6 Å². The van der Waals surface area contributed by atoms with Gasteiger partial charge in [0.05, 0.1) is 18.8 Å². The summed E-state index contributed by atoms with van der Waals surface area (Å²) in [4.78, 5) is 15.5. The van der Waals surface area contributed by atoms with Gasteiger partial charge in [0, 0.05) is 31.4 Å². The molecule has 2 heterocycles. The van der Waals surface area contributed by atoms with Crippen molar-refractivity contribution in [3.8, 4) is 0 Å². The van der Waals surface area contributed by atoms with E-state index in [2.05, 4.69) is 9.72 Å². The molecule has 2 rings (SSSR count). The van der Waals surface area contributed by atoms with E-state index >= 15 is 0 Å². The van der Waals surface area contributed by atoms with E-state index in [0.29, 0.717) is 19.4 Å². The number of pyridine rings is 1. The lowest BCUT2D eigenvalue weighted by Crippen LogP contribution is -2.32. The Morgan fingerprint density at radius 3 is 2.95 bits per heavy atom. The van der Waals surface area contributed by atoms with Gasteiger partial charge in [-0.1, -0.05) is 6.07 Å². The van der Waals surface area contributed by atoms with Crippen LogP contribution >= 0.6 is 0 Å². The Morgan fingerprint density at radius 1 is 1.50 bits per heavy atom. The highest BCUT2D eigenvalue weighted by atomic mass is 32.2. The van der Waals surface area contributed by atoms with Gasteiger partial charge in [-0.15, -0.1) is 0 Å². The maximum Gasteiger partial charge on any atom is 0.310 e. The quantitative estimate of drug-likeness (QED) is 0.738. The smallest absolute Gasteiger partial charge is 0.310 e. The van der Waals surface area contributed by atoms with Gasteiger partial charge in [-0.2, -0.15) is 0 Å². The van der Waals surface area contributed by atoms with Gasteiger partial charge in [-0.25, -0.2) is 12.7 Å². The first kappa shape index (κ1) is 14.9. The van der Waals surface area contributed by atoms with Crippen LogP contribution in [0.1, 0.15) is 12.1 Å². The highest BCUT2D eigenvalue weighted by Crippen LogP contribution is 2.21. The lowest BCUT2D eigenvalue weighted by molar-refractivity contribution is -0.144. The molecule has 0 bridgehead atoms. The molecule has 1 aliphatic rings. The SMILES string of the molecule is COC(=O)C1CCN(S(=O)(=O)CCc2ccccn2)C1. The van der Waals surface area contributed by atoms with Gasteiger partial charge in [0.25, 0.3) is 0 Å². The minimum atomic E-state index is -3.35. The summed E-state index contributed by atoms with van der Waals surface area (Å²) in [5.41, 5.74) is 0.750. The van der Waals surface area contributed by atoms with Crippen LogP contribution in [-0.2, 0) is 26.0 Å². The number of carbonyl (C=O) groups excluding carboxylic acids is 1. The molecule has 0 saturated carbocycles. The van der Waals surface area contributed by atoms with Gasteiger partial charge >= 0.3 is 5.97 Å². The van der Waals surface area contributed by atoms with E-state index < -0.39 is 10.0 Å². The molecule has 6 nitrogen and oxygen atoms in total. The lowest BCUT2D eigenvalue weighted by Gasteiger charge is -2.15. The summed E-state index contributed by atoms with van der Waals surface area (Å²) in [6.45, 7) is 0.599. The first-order valence-electron chi connectivity index (χ1n) is 6.48. The average Bonchev–Trinajstić information content (AvgIpc) is 2.96. The largest absolute Gasteiger partial charge is 0.469 e. The zero-order valence-corrected chi connectivity index (χ0v) is 12.2. The minimum Gasteiger partial charge on any atom is -0.469 e. The fraction of sp³-hybridized carbons (Fsp3) is 0.538. The number of aromatic nitrogens is 1. The summed E-state index contributed by atoms with van der Waals surface area (Å²) in [7, 11) is -2.03. The van der Waals surface area contributed by atoms with E-state index in [1.165, 1.54) is 11.4 Å². The zero-order valence-electron chi connectivity index (χ0n) is 11.4. The Kier molecular flexibility index (Phi) is 4.72. The molecule has 1 fully saturated rings. The third-order valence-electron chi connectivity index (χ3n) is 3.42. The van der Waals surface area contributed by atoms with Crippen molar-refractivity contribution in [3.63, 3.8) is 0 Å².